The molecule has 1 aromatic rings. The van der Waals surface area contributed by atoms with Gasteiger partial charge in [0.15, 0.2) is 0 Å². The number of nitrogens with zero attached hydrogens (tertiary/aromatic N) is 2. The summed E-state index contributed by atoms with van der Waals surface area (Å²) in [5, 5.41) is 3.48. The Kier molecular flexibility index (Phi) is 2.59. The third-order valence-electron chi connectivity index (χ3n) is 3.02. The van der Waals surface area contributed by atoms with Crippen LogP contribution in [0.3, 0.4) is 0 Å². The largest absolute Gasteiger partial charge is 0.332 e. The Labute approximate surface area is 85.5 Å². The first-order chi connectivity index (χ1) is 6.68. The van der Waals surface area contributed by atoms with Crippen molar-refractivity contribution in [3.63, 3.8) is 0 Å². The van der Waals surface area contributed by atoms with E-state index >= 15 is 0 Å². The summed E-state index contributed by atoms with van der Waals surface area (Å²) < 4.78 is 2.28. The van der Waals surface area contributed by atoms with Crippen LogP contribution in [0.1, 0.15) is 44.8 Å². The monoisotopic (exact) mass is 193 g/mol. The second kappa shape index (κ2) is 3.73. The SMILES string of the molecule is CC1CC(c2cncn2C(C)C)CN1. The van der Waals surface area contributed by atoms with Gasteiger partial charge in [0, 0.05) is 36.4 Å². The minimum atomic E-state index is 0.517. The van der Waals surface area contributed by atoms with Gasteiger partial charge >= 0.3 is 0 Å². The number of hydrogen-bond acceptors (Lipinski definition) is 2. The van der Waals surface area contributed by atoms with Gasteiger partial charge in [-0.1, -0.05) is 0 Å². The van der Waals surface area contributed by atoms with E-state index in [4.69, 9.17) is 0 Å². The van der Waals surface area contributed by atoms with Gasteiger partial charge in [0.25, 0.3) is 0 Å². The van der Waals surface area contributed by atoms with Crippen LogP contribution in [0.2, 0.25) is 0 Å². The minimum absolute atomic E-state index is 0.517. The average molecular weight is 193 g/mol. The van der Waals surface area contributed by atoms with Crippen molar-refractivity contribution in [2.75, 3.05) is 6.54 Å². The maximum Gasteiger partial charge on any atom is 0.0950 e. The van der Waals surface area contributed by atoms with Crippen LogP contribution < -0.4 is 5.32 Å². The van der Waals surface area contributed by atoms with Crippen molar-refractivity contribution in [2.45, 2.75) is 45.2 Å². The zero-order valence-corrected chi connectivity index (χ0v) is 9.20. The van der Waals surface area contributed by atoms with Crippen molar-refractivity contribution in [2.24, 2.45) is 0 Å². The Hall–Kier alpha value is -0.830. The molecule has 2 atom stereocenters. The first kappa shape index (κ1) is 9.71. The van der Waals surface area contributed by atoms with Gasteiger partial charge in [-0.3, -0.25) is 0 Å². The molecular weight excluding hydrogens is 174 g/mol. The first-order valence-corrected chi connectivity index (χ1v) is 5.43. The summed E-state index contributed by atoms with van der Waals surface area (Å²) in [6.45, 7) is 7.75. The molecule has 0 bridgehead atoms. The van der Waals surface area contributed by atoms with Crippen molar-refractivity contribution in [3.8, 4) is 0 Å². The number of imidazole rings is 1. The summed E-state index contributed by atoms with van der Waals surface area (Å²) in [7, 11) is 0. The molecule has 2 unspecified atom stereocenters. The molecule has 2 heterocycles. The van der Waals surface area contributed by atoms with Crippen LogP contribution in [-0.2, 0) is 0 Å². The van der Waals surface area contributed by atoms with Crippen molar-refractivity contribution in [1.82, 2.24) is 14.9 Å². The quantitative estimate of drug-likeness (QED) is 0.777. The third-order valence-corrected chi connectivity index (χ3v) is 3.02. The molecule has 1 fully saturated rings. The van der Waals surface area contributed by atoms with Crippen LogP contribution in [-0.4, -0.2) is 22.1 Å². The summed E-state index contributed by atoms with van der Waals surface area (Å²) in [6, 6.07) is 1.17. The molecule has 0 saturated carbocycles. The van der Waals surface area contributed by atoms with E-state index in [-0.39, 0.29) is 0 Å². The second-order valence-electron chi connectivity index (χ2n) is 4.56. The summed E-state index contributed by atoms with van der Waals surface area (Å²) in [4.78, 5) is 4.25. The summed E-state index contributed by atoms with van der Waals surface area (Å²) in [6.07, 6.45) is 5.20. The second-order valence-corrected chi connectivity index (χ2v) is 4.56. The van der Waals surface area contributed by atoms with Gasteiger partial charge in [0.2, 0.25) is 0 Å². The molecular formula is C11H19N3. The highest BCUT2D eigenvalue weighted by Gasteiger charge is 2.25. The van der Waals surface area contributed by atoms with E-state index in [1.54, 1.807) is 0 Å². The van der Waals surface area contributed by atoms with E-state index in [0.29, 0.717) is 18.0 Å². The number of nitrogens with one attached hydrogen (secondary N) is 1. The lowest BCUT2D eigenvalue weighted by Gasteiger charge is -2.15. The maximum absolute atomic E-state index is 4.25. The normalized spacial score (nSPS) is 27.4. The average Bonchev–Trinajstić information content (AvgIpc) is 2.70. The van der Waals surface area contributed by atoms with E-state index in [1.807, 2.05) is 12.5 Å². The molecule has 0 aromatic carbocycles. The molecule has 0 aliphatic carbocycles. The van der Waals surface area contributed by atoms with E-state index in [9.17, 15) is 0 Å². The predicted octanol–water partition coefficient (Wildman–Crippen LogP) is 1.93. The van der Waals surface area contributed by atoms with Gasteiger partial charge in [0.05, 0.1) is 6.33 Å². The topological polar surface area (TPSA) is 29.9 Å². The summed E-state index contributed by atoms with van der Waals surface area (Å²) in [5.41, 5.74) is 1.39. The molecule has 1 aliphatic rings. The Morgan fingerprint density at radius 1 is 1.57 bits per heavy atom. The molecule has 3 heteroatoms. The number of hydrogen-bond donors (Lipinski definition) is 1. The van der Waals surface area contributed by atoms with Gasteiger partial charge in [-0.25, -0.2) is 4.98 Å². The molecule has 78 valence electrons. The molecule has 0 spiro atoms. The van der Waals surface area contributed by atoms with Crippen LogP contribution in [0.5, 0.6) is 0 Å². The van der Waals surface area contributed by atoms with Crippen molar-refractivity contribution < 1.29 is 0 Å². The molecule has 1 aliphatic heterocycles. The Balaban J connectivity index is 2.19. The van der Waals surface area contributed by atoms with Crippen molar-refractivity contribution in [1.29, 1.82) is 0 Å². The Morgan fingerprint density at radius 2 is 2.36 bits per heavy atom. The van der Waals surface area contributed by atoms with Crippen LogP contribution in [0.25, 0.3) is 0 Å². The number of rotatable bonds is 2. The third kappa shape index (κ3) is 1.69. The zero-order chi connectivity index (χ0) is 10.1. The highest BCUT2D eigenvalue weighted by molar-refractivity contribution is 5.11. The van der Waals surface area contributed by atoms with E-state index < -0.39 is 0 Å². The highest BCUT2D eigenvalue weighted by Crippen LogP contribution is 2.26. The number of aromatic nitrogens is 2. The van der Waals surface area contributed by atoms with E-state index in [2.05, 4.69) is 35.6 Å². The Bertz CT molecular complexity index is 303. The van der Waals surface area contributed by atoms with Crippen LogP contribution in [0, 0.1) is 0 Å². The predicted molar refractivity (Wildman–Crippen MR) is 57.4 cm³/mol. The molecule has 2 rings (SSSR count). The summed E-state index contributed by atoms with van der Waals surface area (Å²) in [5.74, 6) is 0.648. The van der Waals surface area contributed by atoms with Crippen LogP contribution >= 0.6 is 0 Å². The van der Waals surface area contributed by atoms with Gasteiger partial charge in [0.1, 0.15) is 0 Å². The fraction of sp³-hybridized carbons (Fsp3) is 0.727. The highest BCUT2D eigenvalue weighted by atomic mass is 15.1. The fourth-order valence-corrected chi connectivity index (χ4v) is 2.22. The van der Waals surface area contributed by atoms with Crippen LogP contribution in [0.4, 0.5) is 0 Å². The molecule has 1 aromatic heterocycles. The molecule has 14 heavy (non-hydrogen) atoms. The molecule has 0 radical (unpaired) electrons. The maximum atomic E-state index is 4.25. The molecule has 0 amide bonds. The van der Waals surface area contributed by atoms with Crippen molar-refractivity contribution in [3.05, 3.63) is 18.2 Å². The lowest BCUT2D eigenvalue weighted by Crippen LogP contribution is -2.17. The lowest BCUT2D eigenvalue weighted by molar-refractivity contribution is 0.544. The molecule has 1 N–H and O–H groups in total. The van der Waals surface area contributed by atoms with Crippen LogP contribution in [0.15, 0.2) is 12.5 Å². The first-order valence-electron chi connectivity index (χ1n) is 5.43. The minimum Gasteiger partial charge on any atom is -0.332 e. The smallest absolute Gasteiger partial charge is 0.0950 e. The van der Waals surface area contributed by atoms with Gasteiger partial charge in [-0.15, -0.1) is 0 Å². The lowest BCUT2D eigenvalue weighted by atomic mass is 10.0. The molecule has 3 nitrogen and oxygen atoms in total. The molecule has 1 saturated heterocycles. The Morgan fingerprint density at radius 3 is 2.93 bits per heavy atom. The van der Waals surface area contributed by atoms with E-state index in [0.717, 1.165) is 6.54 Å². The van der Waals surface area contributed by atoms with E-state index in [1.165, 1.54) is 12.1 Å². The fourth-order valence-electron chi connectivity index (χ4n) is 2.22. The van der Waals surface area contributed by atoms with Crippen molar-refractivity contribution >= 4 is 0 Å². The van der Waals surface area contributed by atoms with Gasteiger partial charge < -0.3 is 9.88 Å². The standard InChI is InChI=1S/C11H19N3/c1-8(2)14-7-12-6-11(14)10-4-9(3)13-5-10/h6-10,13H,4-5H2,1-3H3. The zero-order valence-electron chi connectivity index (χ0n) is 9.20. The van der Waals surface area contributed by atoms with Gasteiger partial charge in [-0.05, 0) is 27.2 Å². The van der Waals surface area contributed by atoms with Gasteiger partial charge in [-0.2, -0.15) is 0 Å². The summed E-state index contributed by atoms with van der Waals surface area (Å²) >= 11 is 0.